The van der Waals surface area contributed by atoms with Crippen molar-refractivity contribution in [2.45, 2.75) is 38.6 Å². The van der Waals surface area contributed by atoms with E-state index in [1.807, 2.05) is 28.8 Å². The summed E-state index contributed by atoms with van der Waals surface area (Å²) < 4.78 is 1.84. The molecule has 1 aromatic carbocycles. The molecule has 21 heavy (non-hydrogen) atoms. The summed E-state index contributed by atoms with van der Waals surface area (Å²) in [6.07, 6.45) is 6.27. The van der Waals surface area contributed by atoms with Crippen LogP contribution in [0.25, 0.3) is 10.9 Å². The highest BCUT2D eigenvalue weighted by Crippen LogP contribution is 2.37. The van der Waals surface area contributed by atoms with Gasteiger partial charge in [0.1, 0.15) is 0 Å². The lowest BCUT2D eigenvalue weighted by atomic mass is 9.77. The molecule has 1 aliphatic rings. The summed E-state index contributed by atoms with van der Waals surface area (Å²) >= 11 is 0. The van der Waals surface area contributed by atoms with Crippen LogP contribution < -0.4 is 11.3 Å². The van der Waals surface area contributed by atoms with E-state index < -0.39 is 0 Å². The fourth-order valence-electron chi connectivity index (χ4n) is 3.60. The third kappa shape index (κ3) is 2.60. The monoisotopic (exact) mass is 285 g/mol. The van der Waals surface area contributed by atoms with Crippen molar-refractivity contribution in [3.8, 4) is 0 Å². The van der Waals surface area contributed by atoms with Crippen LogP contribution in [0.2, 0.25) is 0 Å². The Bertz CT molecular complexity index is 679. The number of para-hydroxylation sites is 1. The summed E-state index contributed by atoms with van der Waals surface area (Å²) in [5.74, 6) is 1.07. The predicted molar refractivity (Wildman–Crippen MR) is 85.2 cm³/mol. The molecule has 2 N–H and O–H groups in total. The largest absolute Gasteiger partial charge is 0.330 e. The van der Waals surface area contributed by atoms with Crippen LogP contribution >= 0.6 is 0 Å². The van der Waals surface area contributed by atoms with Crippen LogP contribution in [0.3, 0.4) is 0 Å². The number of benzene rings is 1. The topological polar surface area (TPSA) is 60.9 Å². The van der Waals surface area contributed by atoms with Crippen LogP contribution in [0.5, 0.6) is 0 Å². The minimum atomic E-state index is 0.0702. The lowest BCUT2D eigenvalue weighted by Gasteiger charge is -2.36. The third-order valence-electron chi connectivity index (χ3n) is 4.99. The molecule has 0 amide bonds. The highest BCUT2D eigenvalue weighted by atomic mass is 16.1. The van der Waals surface area contributed by atoms with E-state index in [1.54, 1.807) is 6.33 Å². The summed E-state index contributed by atoms with van der Waals surface area (Å²) in [7, 11) is 0. The molecular formula is C17H23N3O. The molecule has 1 fully saturated rings. The van der Waals surface area contributed by atoms with Gasteiger partial charge in [0.15, 0.2) is 0 Å². The van der Waals surface area contributed by atoms with E-state index >= 15 is 0 Å². The summed E-state index contributed by atoms with van der Waals surface area (Å²) in [6.45, 7) is 2.87. The Morgan fingerprint density at radius 2 is 2.14 bits per heavy atom. The molecule has 4 nitrogen and oxygen atoms in total. The van der Waals surface area contributed by atoms with Crippen molar-refractivity contribution in [3.63, 3.8) is 0 Å². The van der Waals surface area contributed by atoms with E-state index in [9.17, 15) is 4.79 Å². The Labute approximate surface area is 125 Å². The van der Waals surface area contributed by atoms with E-state index in [0.29, 0.717) is 23.8 Å². The zero-order valence-electron chi connectivity index (χ0n) is 12.5. The molecule has 1 heterocycles. The SMILES string of the molecule is CCC1CCC(CN)C(n2cnc3ccccc3c2=O)C1. The Morgan fingerprint density at radius 3 is 2.90 bits per heavy atom. The highest BCUT2D eigenvalue weighted by molar-refractivity contribution is 5.76. The normalized spacial score (nSPS) is 26.1. The van der Waals surface area contributed by atoms with Gasteiger partial charge in [0.2, 0.25) is 0 Å². The number of aromatic nitrogens is 2. The highest BCUT2D eigenvalue weighted by Gasteiger charge is 2.31. The minimum absolute atomic E-state index is 0.0702. The van der Waals surface area contributed by atoms with E-state index in [2.05, 4.69) is 11.9 Å². The standard InChI is InChI=1S/C17H23N3O/c1-2-12-7-8-13(10-18)16(9-12)20-11-19-15-6-4-3-5-14(15)17(20)21/h3-6,11-13,16H,2,7-10,18H2,1H3. The molecule has 1 aliphatic carbocycles. The van der Waals surface area contributed by atoms with Crippen LogP contribution in [-0.2, 0) is 0 Å². The molecule has 3 rings (SSSR count). The van der Waals surface area contributed by atoms with Crippen molar-refractivity contribution < 1.29 is 0 Å². The Kier molecular flexibility index (Phi) is 4.06. The number of hydrogen-bond donors (Lipinski definition) is 1. The number of fused-ring (bicyclic) bond motifs is 1. The first kappa shape index (κ1) is 14.3. The first-order chi connectivity index (χ1) is 10.2. The Morgan fingerprint density at radius 1 is 1.33 bits per heavy atom. The summed E-state index contributed by atoms with van der Waals surface area (Å²) in [5.41, 5.74) is 6.78. The van der Waals surface area contributed by atoms with Crippen molar-refractivity contribution in [1.82, 2.24) is 9.55 Å². The molecule has 0 aliphatic heterocycles. The number of hydrogen-bond acceptors (Lipinski definition) is 3. The van der Waals surface area contributed by atoms with Crippen molar-refractivity contribution in [2.75, 3.05) is 6.54 Å². The van der Waals surface area contributed by atoms with Gasteiger partial charge in [-0.05, 0) is 49.8 Å². The maximum absolute atomic E-state index is 12.8. The summed E-state index contributed by atoms with van der Waals surface area (Å²) in [4.78, 5) is 17.2. The summed E-state index contributed by atoms with van der Waals surface area (Å²) in [5, 5.41) is 0.703. The van der Waals surface area contributed by atoms with E-state index in [4.69, 9.17) is 5.73 Å². The second kappa shape index (κ2) is 5.98. The van der Waals surface area contributed by atoms with Crippen molar-refractivity contribution in [1.29, 1.82) is 0 Å². The zero-order chi connectivity index (χ0) is 14.8. The number of nitrogens with zero attached hydrogens (tertiary/aromatic N) is 2. The molecule has 0 spiro atoms. The van der Waals surface area contributed by atoms with Gasteiger partial charge in [-0.3, -0.25) is 9.36 Å². The Balaban J connectivity index is 2.05. The third-order valence-corrected chi connectivity index (χ3v) is 4.99. The minimum Gasteiger partial charge on any atom is -0.330 e. The van der Waals surface area contributed by atoms with Gasteiger partial charge in [0.05, 0.1) is 17.2 Å². The molecule has 3 atom stereocenters. The molecule has 0 radical (unpaired) electrons. The Hall–Kier alpha value is -1.68. The molecule has 4 heteroatoms. The first-order valence-corrected chi connectivity index (χ1v) is 7.90. The van der Waals surface area contributed by atoms with Crippen molar-refractivity contribution in [3.05, 3.63) is 40.9 Å². The molecule has 2 aromatic rings. The van der Waals surface area contributed by atoms with Gasteiger partial charge in [-0.25, -0.2) is 4.98 Å². The maximum atomic E-state index is 12.8. The molecule has 0 saturated heterocycles. The maximum Gasteiger partial charge on any atom is 0.261 e. The van der Waals surface area contributed by atoms with Gasteiger partial charge in [-0.2, -0.15) is 0 Å². The van der Waals surface area contributed by atoms with Crippen LogP contribution in [0.15, 0.2) is 35.4 Å². The average molecular weight is 285 g/mol. The van der Waals surface area contributed by atoms with Gasteiger partial charge in [0, 0.05) is 6.04 Å². The zero-order valence-corrected chi connectivity index (χ0v) is 12.5. The van der Waals surface area contributed by atoms with Gasteiger partial charge < -0.3 is 5.73 Å². The first-order valence-electron chi connectivity index (χ1n) is 7.90. The molecule has 1 aromatic heterocycles. The van der Waals surface area contributed by atoms with Gasteiger partial charge >= 0.3 is 0 Å². The molecule has 112 valence electrons. The van der Waals surface area contributed by atoms with Gasteiger partial charge in [-0.15, -0.1) is 0 Å². The lowest BCUT2D eigenvalue weighted by molar-refractivity contribution is 0.180. The van der Waals surface area contributed by atoms with Crippen molar-refractivity contribution >= 4 is 10.9 Å². The fourth-order valence-corrected chi connectivity index (χ4v) is 3.60. The van der Waals surface area contributed by atoms with Crippen molar-refractivity contribution in [2.24, 2.45) is 17.6 Å². The van der Waals surface area contributed by atoms with Crippen LogP contribution in [0.1, 0.15) is 38.6 Å². The lowest BCUT2D eigenvalue weighted by Crippen LogP contribution is -2.37. The van der Waals surface area contributed by atoms with Crippen LogP contribution in [0, 0.1) is 11.8 Å². The average Bonchev–Trinajstić information content (AvgIpc) is 2.55. The van der Waals surface area contributed by atoms with Crippen LogP contribution in [-0.4, -0.2) is 16.1 Å². The molecule has 3 unspecified atom stereocenters. The second-order valence-electron chi connectivity index (χ2n) is 6.12. The second-order valence-corrected chi connectivity index (χ2v) is 6.12. The predicted octanol–water partition coefficient (Wildman–Crippen LogP) is 2.72. The molecular weight excluding hydrogens is 262 g/mol. The molecule has 0 bridgehead atoms. The molecule has 1 saturated carbocycles. The van der Waals surface area contributed by atoms with E-state index in [-0.39, 0.29) is 11.6 Å². The van der Waals surface area contributed by atoms with Crippen LogP contribution in [0.4, 0.5) is 0 Å². The summed E-state index contributed by atoms with van der Waals surface area (Å²) in [6, 6.07) is 7.75. The smallest absolute Gasteiger partial charge is 0.261 e. The number of rotatable bonds is 3. The van der Waals surface area contributed by atoms with Gasteiger partial charge in [-0.1, -0.05) is 25.5 Å². The fraction of sp³-hybridized carbons (Fsp3) is 0.529. The van der Waals surface area contributed by atoms with E-state index in [0.717, 1.165) is 18.4 Å². The quantitative estimate of drug-likeness (QED) is 0.943. The van der Waals surface area contributed by atoms with E-state index in [1.165, 1.54) is 12.8 Å². The number of nitrogens with two attached hydrogens (primary N) is 1. The van der Waals surface area contributed by atoms with Gasteiger partial charge in [0.25, 0.3) is 5.56 Å².